The molecule has 0 aliphatic rings. The van der Waals surface area contributed by atoms with Crippen molar-refractivity contribution in [3.8, 4) is 0 Å². The number of hydrogen-bond donors (Lipinski definition) is 0. The molecule has 0 saturated heterocycles. The van der Waals surface area contributed by atoms with Crippen LogP contribution in [0.4, 0.5) is 0 Å². The van der Waals surface area contributed by atoms with Gasteiger partial charge in [0.2, 0.25) is 0 Å². The lowest BCUT2D eigenvalue weighted by Crippen LogP contribution is -2.03. The number of carbonyl (C=O) groups is 1. The van der Waals surface area contributed by atoms with E-state index in [1.165, 1.54) is 0 Å². The second-order valence-corrected chi connectivity index (χ2v) is 3.74. The van der Waals surface area contributed by atoms with Crippen LogP contribution in [0.1, 0.15) is 23.0 Å². The van der Waals surface area contributed by atoms with Crippen LogP contribution < -0.4 is 0 Å². The largest absolute Gasteiger partial charge is 0.460 e. The first-order chi connectivity index (χ1) is 7.77. The van der Waals surface area contributed by atoms with E-state index < -0.39 is 5.97 Å². The number of carbonyl (C=O) groups excluding carboxylic acids is 1. The molecule has 0 atom stereocenters. The monoisotopic (exact) mass is 283 g/mol. The molecule has 0 amide bonds. The number of nitrogens with zero attached hydrogens (tertiary/aromatic N) is 1. The number of ether oxygens (including phenoxy) is 1. The third-order valence-electron chi connectivity index (χ3n) is 2.20. The molecule has 16 heavy (non-hydrogen) atoms. The van der Waals surface area contributed by atoms with Gasteiger partial charge in [-0.3, -0.25) is 0 Å². The van der Waals surface area contributed by atoms with Crippen molar-refractivity contribution < 1.29 is 14.1 Å². The fourth-order valence-corrected chi connectivity index (χ4v) is 1.93. The predicted molar refractivity (Wildman–Crippen MR) is 62.6 cm³/mol. The van der Waals surface area contributed by atoms with Gasteiger partial charge < -0.3 is 9.26 Å². The molecule has 0 saturated carbocycles. The number of halogens is 1. The Bertz CT molecular complexity index is 521. The normalized spacial score (nSPS) is 10.6. The molecule has 0 fully saturated rings. The second kappa shape index (κ2) is 4.65. The highest BCUT2D eigenvalue weighted by atomic mass is 79.9. The van der Waals surface area contributed by atoms with Gasteiger partial charge in [-0.15, -0.1) is 0 Å². The number of esters is 1. The van der Waals surface area contributed by atoms with E-state index in [-0.39, 0.29) is 5.76 Å². The number of fused-ring (bicyclic) bond motifs is 1. The Balaban J connectivity index is 2.53. The maximum absolute atomic E-state index is 11.6. The predicted octanol–water partition coefficient (Wildman–Crippen LogP) is 2.90. The minimum Gasteiger partial charge on any atom is -0.460 e. The number of alkyl halides is 1. The molecule has 0 aliphatic heterocycles. The standard InChI is InChI=1S/C11H10BrNO3/c1-2-15-11(14)10-8-5-3-4-7(6-12)9(8)13-16-10/h3-5H,2,6H2,1H3. The fourth-order valence-electron chi connectivity index (χ4n) is 1.47. The Labute approximate surface area is 101 Å². The van der Waals surface area contributed by atoms with Crippen LogP contribution in [0.3, 0.4) is 0 Å². The van der Waals surface area contributed by atoms with Gasteiger partial charge in [0.25, 0.3) is 5.76 Å². The van der Waals surface area contributed by atoms with E-state index in [0.29, 0.717) is 22.8 Å². The molecule has 2 aromatic rings. The molecule has 4 nitrogen and oxygen atoms in total. The number of hydrogen-bond acceptors (Lipinski definition) is 4. The maximum Gasteiger partial charge on any atom is 0.377 e. The SMILES string of the molecule is CCOC(=O)c1onc2c(CBr)cccc12. The number of aromatic nitrogens is 1. The van der Waals surface area contributed by atoms with Gasteiger partial charge in [-0.1, -0.05) is 33.2 Å². The highest BCUT2D eigenvalue weighted by molar-refractivity contribution is 9.08. The molecule has 0 aliphatic carbocycles. The van der Waals surface area contributed by atoms with Gasteiger partial charge in [0.1, 0.15) is 5.52 Å². The summed E-state index contributed by atoms with van der Waals surface area (Å²) in [5.74, 6) is -0.309. The second-order valence-electron chi connectivity index (χ2n) is 3.18. The third kappa shape index (κ3) is 1.82. The highest BCUT2D eigenvalue weighted by Gasteiger charge is 2.18. The van der Waals surface area contributed by atoms with Gasteiger partial charge in [-0.25, -0.2) is 4.79 Å². The Kier molecular flexibility index (Phi) is 3.24. The molecule has 1 heterocycles. The molecule has 0 N–H and O–H groups in total. The molecule has 0 bridgehead atoms. The van der Waals surface area contributed by atoms with Crippen molar-refractivity contribution in [1.29, 1.82) is 0 Å². The summed E-state index contributed by atoms with van der Waals surface area (Å²) in [5, 5.41) is 5.24. The lowest BCUT2D eigenvalue weighted by Gasteiger charge is -1.97. The van der Waals surface area contributed by atoms with Crippen molar-refractivity contribution in [2.24, 2.45) is 0 Å². The van der Waals surface area contributed by atoms with E-state index in [0.717, 1.165) is 5.56 Å². The van der Waals surface area contributed by atoms with Gasteiger partial charge in [-0.05, 0) is 18.6 Å². The van der Waals surface area contributed by atoms with Crippen LogP contribution in [0.5, 0.6) is 0 Å². The first-order valence-corrected chi connectivity index (χ1v) is 6.00. The summed E-state index contributed by atoms with van der Waals surface area (Å²) >= 11 is 3.36. The Morgan fingerprint density at radius 3 is 3.06 bits per heavy atom. The minimum absolute atomic E-state index is 0.166. The maximum atomic E-state index is 11.6. The summed E-state index contributed by atoms with van der Waals surface area (Å²) in [7, 11) is 0. The van der Waals surface area contributed by atoms with E-state index >= 15 is 0 Å². The van der Waals surface area contributed by atoms with Crippen LogP contribution in [0.2, 0.25) is 0 Å². The summed E-state index contributed by atoms with van der Waals surface area (Å²) in [6.45, 7) is 2.07. The first kappa shape index (κ1) is 11.1. The average molecular weight is 284 g/mol. The summed E-state index contributed by atoms with van der Waals surface area (Å²) in [6, 6.07) is 5.58. The summed E-state index contributed by atoms with van der Waals surface area (Å²) in [5.41, 5.74) is 1.68. The lowest BCUT2D eigenvalue weighted by atomic mass is 10.1. The van der Waals surface area contributed by atoms with Crippen molar-refractivity contribution in [3.63, 3.8) is 0 Å². The van der Waals surface area contributed by atoms with Gasteiger partial charge in [0.05, 0.1) is 12.0 Å². The van der Waals surface area contributed by atoms with Crippen molar-refractivity contribution >= 4 is 32.8 Å². The molecular weight excluding hydrogens is 274 g/mol. The molecule has 1 aromatic carbocycles. The molecule has 0 unspecified atom stereocenters. The third-order valence-corrected chi connectivity index (χ3v) is 2.80. The van der Waals surface area contributed by atoms with E-state index in [2.05, 4.69) is 21.1 Å². The van der Waals surface area contributed by atoms with Gasteiger partial charge >= 0.3 is 5.97 Å². The Morgan fingerprint density at radius 2 is 2.38 bits per heavy atom. The molecular formula is C11H10BrNO3. The lowest BCUT2D eigenvalue weighted by molar-refractivity contribution is 0.0483. The zero-order valence-corrected chi connectivity index (χ0v) is 10.3. The van der Waals surface area contributed by atoms with E-state index in [1.807, 2.05) is 12.1 Å². The zero-order chi connectivity index (χ0) is 11.5. The molecule has 0 spiro atoms. The van der Waals surface area contributed by atoms with E-state index in [9.17, 15) is 4.79 Å². The van der Waals surface area contributed by atoms with Gasteiger partial charge in [-0.2, -0.15) is 0 Å². The smallest absolute Gasteiger partial charge is 0.377 e. The Morgan fingerprint density at radius 1 is 1.56 bits per heavy atom. The van der Waals surface area contributed by atoms with E-state index in [1.54, 1.807) is 13.0 Å². The molecule has 0 radical (unpaired) electrons. The van der Waals surface area contributed by atoms with Crippen LogP contribution in [0.15, 0.2) is 22.7 Å². The number of rotatable bonds is 3. The van der Waals surface area contributed by atoms with E-state index in [4.69, 9.17) is 9.26 Å². The topological polar surface area (TPSA) is 52.3 Å². The summed E-state index contributed by atoms with van der Waals surface area (Å²) < 4.78 is 9.91. The zero-order valence-electron chi connectivity index (χ0n) is 8.70. The van der Waals surface area contributed by atoms with Crippen LogP contribution in [-0.2, 0) is 10.1 Å². The molecule has 1 aromatic heterocycles. The average Bonchev–Trinajstić information content (AvgIpc) is 2.72. The van der Waals surface area contributed by atoms with Gasteiger partial charge in [0.15, 0.2) is 0 Å². The molecule has 2 rings (SSSR count). The quantitative estimate of drug-likeness (QED) is 0.642. The van der Waals surface area contributed by atoms with Crippen molar-refractivity contribution in [3.05, 3.63) is 29.5 Å². The minimum atomic E-state index is -0.475. The van der Waals surface area contributed by atoms with Crippen LogP contribution in [0, 0.1) is 0 Å². The fraction of sp³-hybridized carbons (Fsp3) is 0.273. The first-order valence-electron chi connectivity index (χ1n) is 4.88. The van der Waals surface area contributed by atoms with Crippen LogP contribution in [-0.4, -0.2) is 17.7 Å². The van der Waals surface area contributed by atoms with Crippen LogP contribution >= 0.6 is 15.9 Å². The summed E-state index contributed by atoms with van der Waals surface area (Å²) in [6.07, 6.45) is 0. The highest BCUT2D eigenvalue weighted by Crippen LogP contribution is 2.23. The molecule has 5 heteroatoms. The van der Waals surface area contributed by atoms with Crippen LogP contribution in [0.25, 0.3) is 10.9 Å². The molecule has 84 valence electrons. The Hall–Kier alpha value is -1.36. The van der Waals surface area contributed by atoms with Gasteiger partial charge in [0, 0.05) is 5.33 Å². The van der Waals surface area contributed by atoms with Crippen molar-refractivity contribution in [2.45, 2.75) is 12.3 Å². The summed E-state index contributed by atoms with van der Waals surface area (Å²) in [4.78, 5) is 11.6. The van der Waals surface area contributed by atoms with Crippen molar-refractivity contribution in [2.75, 3.05) is 6.61 Å². The van der Waals surface area contributed by atoms with Crippen molar-refractivity contribution in [1.82, 2.24) is 5.16 Å². The number of benzene rings is 1.